The Balaban J connectivity index is 1.96. The number of benzene rings is 1. The minimum Gasteiger partial charge on any atom is -0.373 e. The van der Waals surface area contributed by atoms with Gasteiger partial charge in [-0.15, -0.1) is 0 Å². The summed E-state index contributed by atoms with van der Waals surface area (Å²) < 4.78 is 19.1. The quantitative estimate of drug-likeness (QED) is 0.828. The van der Waals surface area contributed by atoms with E-state index in [1.54, 1.807) is 6.07 Å². The topological polar surface area (TPSA) is 21.3 Å². The maximum atomic E-state index is 13.5. The van der Waals surface area contributed by atoms with Crippen molar-refractivity contribution in [3.63, 3.8) is 0 Å². The van der Waals surface area contributed by atoms with E-state index in [0.29, 0.717) is 18.3 Å². The standard InChI is InChI=1S/C13H18FNO/c1-15-8-10-5-6-13(14)11(7-10)9-16-12-3-2-4-12/h5-7,12,15H,2-4,8-9H2,1H3. The van der Waals surface area contributed by atoms with Gasteiger partial charge in [0.25, 0.3) is 0 Å². The van der Waals surface area contributed by atoms with Crippen LogP contribution in [0.2, 0.25) is 0 Å². The highest BCUT2D eigenvalue weighted by Crippen LogP contribution is 2.23. The molecular formula is C13H18FNO. The molecule has 0 saturated heterocycles. The third-order valence-corrected chi connectivity index (χ3v) is 3.02. The summed E-state index contributed by atoms with van der Waals surface area (Å²) in [6.07, 6.45) is 3.84. The van der Waals surface area contributed by atoms with Crippen LogP contribution in [0.5, 0.6) is 0 Å². The van der Waals surface area contributed by atoms with Gasteiger partial charge >= 0.3 is 0 Å². The Morgan fingerprint density at radius 2 is 2.25 bits per heavy atom. The maximum absolute atomic E-state index is 13.5. The molecular weight excluding hydrogens is 205 g/mol. The van der Waals surface area contributed by atoms with Gasteiger partial charge in [-0.25, -0.2) is 4.39 Å². The second kappa shape index (κ2) is 5.41. The van der Waals surface area contributed by atoms with Crippen molar-refractivity contribution < 1.29 is 9.13 Å². The van der Waals surface area contributed by atoms with Crippen molar-refractivity contribution in [3.8, 4) is 0 Å². The van der Waals surface area contributed by atoms with E-state index in [0.717, 1.165) is 24.9 Å². The van der Waals surface area contributed by atoms with E-state index in [2.05, 4.69) is 5.32 Å². The monoisotopic (exact) mass is 223 g/mol. The molecule has 1 N–H and O–H groups in total. The Morgan fingerprint density at radius 1 is 1.44 bits per heavy atom. The van der Waals surface area contributed by atoms with Gasteiger partial charge in [0.2, 0.25) is 0 Å². The minimum atomic E-state index is -0.167. The second-order valence-electron chi connectivity index (χ2n) is 4.32. The Bertz CT molecular complexity index is 350. The highest BCUT2D eigenvalue weighted by atomic mass is 19.1. The molecule has 2 nitrogen and oxygen atoms in total. The van der Waals surface area contributed by atoms with Crippen LogP contribution in [0.25, 0.3) is 0 Å². The third-order valence-electron chi connectivity index (χ3n) is 3.02. The van der Waals surface area contributed by atoms with E-state index in [4.69, 9.17) is 4.74 Å². The first-order valence-electron chi connectivity index (χ1n) is 5.83. The number of hydrogen-bond donors (Lipinski definition) is 1. The summed E-state index contributed by atoms with van der Waals surface area (Å²) in [5.74, 6) is -0.167. The van der Waals surface area contributed by atoms with E-state index in [9.17, 15) is 4.39 Å². The normalized spacial score (nSPS) is 16.1. The van der Waals surface area contributed by atoms with E-state index in [1.807, 2.05) is 13.1 Å². The van der Waals surface area contributed by atoms with E-state index < -0.39 is 0 Å². The fourth-order valence-corrected chi connectivity index (χ4v) is 1.80. The average Bonchev–Trinajstić information content (AvgIpc) is 2.21. The second-order valence-corrected chi connectivity index (χ2v) is 4.32. The smallest absolute Gasteiger partial charge is 0.128 e. The van der Waals surface area contributed by atoms with Gasteiger partial charge in [0, 0.05) is 12.1 Å². The van der Waals surface area contributed by atoms with E-state index in [1.165, 1.54) is 12.5 Å². The highest BCUT2D eigenvalue weighted by Gasteiger charge is 2.18. The molecule has 0 bridgehead atoms. The van der Waals surface area contributed by atoms with Crippen LogP contribution in [0.4, 0.5) is 4.39 Å². The predicted molar refractivity (Wildman–Crippen MR) is 61.6 cm³/mol. The van der Waals surface area contributed by atoms with Crippen LogP contribution < -0.4 is 5.32 Å². The number of hydrogen-bond acceptors (Lipinski definition) is 2. The summed E-state index contributed by atoms with van der Waals surface area (Å²) in [6.45, 7) is 1.16. The SMILES string of the molecule is CNCc1ccc(F)c(COC2CCC2)c1. The van der Waals surface area contributed by atoms with Crippen LogP contribution in [0.1, 0.15) is 30.4 Å². The lowest BCUT2D eigenvalue weighted by atomic mass is 9.96. The Kier molecular flexibility index (Phi) is 3.91. The molecule has 1 aromatic carbocycles. The van der Waals surface area contributed by atoms with Crippen molar-refractivity contribution in [2.45, 2.75) is 38.5 Å². The third kappa shape index (κ3) is 2.80. The molecule has 0 aliphatic heterocycles. The molecule has 0 aromatic heterocycles. The molecule has 0 radical (unpaired) electrons. The fourth-order valence-electron chi connectivity index (χ4n) is 1.80. The molecule has 88 valence electrons. The number of rotatable bonds is 5. The van der Waals surface area contributed by atoms with Crippen LogP contribution in [-0.4, -0.2) is 13.2 Å². The minimum absolute atomic E-state index is 0.167. The van der Waals surface area contributed by atoms with Crippen molar-refractivity contribution in [2.24, 2.45) is 0 Å². The van der Waals surface area contributed by atoms with E-state index in [-0.39, 0.29) is 5.82 Å². The van der Waals surface area contributed by atoms with Gasteiger partial charge in [-0.2, -0.15) is 0 Å². The van der Waals surface area contributed by atoms with Gasteiger partial charge in [0.1, 0.15) is 5.82 Å². The fraction of sp³-hybridized carbons (Fsp3) is 0.538. The zero-order chi connectivity index (χ0) is 11.4. The number of halogens is 1. The van der Waals surface area contributed by atoms with Crippen LogP contribution in [-0.2, 0) is 17.9 Å². The van der Waals surface area contributed by atoms with Crippen LogP contribution >= 0.6 is 0 Å². The molecule has 1 aliphatic carbocycles. The molecule has 1 aliphatic rings. The van der Waals surface area contributed by atoms with Crippen LogP contribution in [0, 0.1) is 5.82 Å². The lowest BCUT2D eigenvalue weighted by Crippen LogP contribution is -2.21. The summed E-state index contributed by atoms with van der Waals surface area (Å²) >= 11 is 0. The summed E-state index contributed by atoms with van der Waals surface area (Å²) in [5.41, 5.74) is 1.76. The van der Waals surface area contributed by atoms with Crippen molar-refractivity contribution in [1.29, 1.82) is 0 Å². The molecule has 1 saturated carbocycles. The number of nitrogens with one attached hydrogen (secondary N) is 1. The summed E-state index contributed by atoms with van der Waals surface area (Å²) in [4.78, 5) is 0. The average molecular weight is 223 g/mol. The zero-order valence-electron chi connectivity index (χ0n) is 9.63. The van der Waals surface area contributed by atoms with E-state index >= 15 is 0 Å². The van der Waals surface area contributed by atoms with Gasteiger partial charge < -0.3 is 10.1 Å². The van der Waals surface area contributed by atoms with Crippen molar-refractivity contribution >= 4 is 0 Å². The van der Waals surface area contributed by atoms with Gasteiger partial charge in [-0.1, -0.05) is 6.07 Å². The molecule has 1 fully saturated rings. The summed E-state index contributed by atoms with van der Waals surface area (Å²) in [5, 5.41) is 3.05. The van der Waals surface area contributed by atoms with Gasteiger partial charge in [0.15, 0.2) is 0 Å². The highest BCUT2D eigenvalue weighted by molar-refractivity contribution is 5.24. The first kappa shape index (κ1) is 11.6. The van der Waals surface area contributed by atoms with Gasteiger partial charge in [-0.05, 0) is 44.0 Å². The zero-order valence-corrected chi connectivity index (χ0v) is 9.63. The molecule has 1 aromatic rings. The van der Waals surface area contributed by atoms with Gasteiger partial charge in [-0.3, -0.25) is 0 Å². The molecule has 16 heavy (non-hydrogen) atoms. The van der Waals surface area contributed by atoms with Crippen molar-refractivity contribution in [3.05, 3.63) is 35.1 Å². The summed E-state index contributed by atoms with van der Waals surface area (Å²) in [7, 11) is 1.88. The van der Waals surface area contributed by atoms with Crippen molar-refractivity contribution in [1.82, 2.24) is 5.32 Å². The van der Waals surface area contributed by atoms with Crippen LogP contribution in [0.15, 0.2) is 18.2 Å². The first-order chi connectivity index (χ1) is 7.79. The molecule has 0 spiro atoms. The molecule has 0 unspecified atom stereocenters. The largest absolute Gasteiger partial charge is 0.373 e. The Morgan fingerprint density at radius 3 is 2.88 bits per heavy atom. The molecule has 0 atom stereocenters. The Hall–Kier alpha value is -0.930. The first-order valence-corrected chi connectivity index (χ1v) is 5.83. The van der Waals surface area contributed by atoms with Gasteiger partial charge in [0.05, 0.1) is 12.7 Å². The maximum Gasteiger partial charge on any atom is 0.128 e. The number of ether oxygens (including phenoxy) is 1. The lowest BCUT2D eigenvalue weighted by Gasteiger charge is -2.25. The van der Waals surface area contributed by atoms with Crippen molar-refractivity contribution in [2.75, 3.05) is 7.05 Å². The van der Waals surface area contributed by atoms with Crippen LogP contribution in [0.3, 0.4) is 0 Å². The summed E-state index contributed by atoms with van der Waals surface area (Å²) in [6, 6.07) is 5.20. The molecule has 2 rings (SSSR count). The Labute approximate surface area is 95.8 Å². The predicted octanol–water partition coefficient (Wildman–Crippen LogP) is 2.61. The lowest BCUT2D eigenvalue weighted by molar-refractivity contribution is -0.00978. The molecule has 3 heteroatoms. The molecule has 0 amide bonds. The molecule has 0 heterocycles.